The van der Waals surface area contributed by atoms with Crippen LogP contribution < -0.4 is 10.5 Å². The third-order valence-electron chi connectivity index (χ3n) is 10.2. The first-order chi connectivity index (χ1) is 19.0. The summed E-state index contributed by atoms with van der Waals surface area (Å²) < 4.78 is 14.8. The van der Waals surface area contributed by atoms with Crippen LogP contribution >= 0.6 is 0 Å². The van der Waals surface area contributed by atoms with Gasteiger partial charge in [0.05, 0.1) is 11.5 Å². The fourth-order valence-electron chi connectivity index (χ4n) is 8.05. The van der Waals surface area contributed by atoms with Crippen LogP contribution in [0.1, 0.15) is 57.9 Å². The van der Waals surface area contributed by atoms with Crippen LogP contribution in [0.15, 0.2) is 36.8 Å². The molecule has 2 atom stereocenters. The molecule has 1 aliphatic carbocycles. The van der Waals surface area contributed by atoms with Gasteiger partial charge in [-0.1, -0.05) is 12.1 Å². The zero-order valence-electron chi connectivity index (χ0n) is 22.5. The predicted molar refractivity (Wildman–Crippen MR) is 147 cm³/mol. The van der Waals surface area contributed by atoms with Crippen molar-refractivity contribution in [3.63, 3.8) is 0 Å². The number of fused-ring (bicyclic) bond motifs is 5. The molecule has 2 unspecified atom stereocenters. The molecule has 4 aliphatic heterocycles. The zero-order valence-corrected chi connectivity index (χ0v) is 22.5. The number of rotatable bonds is 6. The molecule has 6 heterocycles. The van der Waals surface area contributed by atoms with E-state index in [9.17, 15) is 4.79 Å². The maximum atomic E-state index is 11.9. The molecule has 4 saturated heterocycles. The minimum atomic E-state index is -0.102. The molecule has 1 amide bonds. The van der Waals surface area contributed by atoms with Crippen molar-refractivity contribution in [2.45, 2.75) is 87.7 Å². The molecule has 0 radical (unpaired) electrons. The lowest BCUT2D eigenvalue weighted by molar-refractivity contribution is -0.131. The third-order valence-corrected chi connectivity index (χ3v) is 10.2. The highest BCUT2D eigenvalue weighted by Crippen LogP contribution is 2.46. The van der Waals surface area contributed by atoms with Gasteiger partial charge in [-0.3, -0.25) is 9.69 Å². The van der Waals surface area contributed by atoms with Crippen LogP contribution in [0.4, 0.5) is 5.82 Å². The van der Waals surface area contributed by atoms with E-state index in [1.165, 1.54) is 0 Å². The Balaban J connectivity index is 1.02. The largest absolute Gasteiger partial charge is 0.491 e. The number of aromatic nitrogens is 3. The molecular formula is C30H36N6O3. The number of carbonyl (C=O) groups excluding carboxylic acids is 1. The van der Waals surface area contributed by atoms with Crippen LogP contribution in [0.3, 0.4) is 0 Å². The van der Waals surface area contributed by atoms with Gasteiger partial charge in [0.25, 0.3) is 0 Å². The summed E-state index contributed by atoms with van der Waals surface area (Å²) in [7, 11) is 0. The number of likely N-dealkylation sites (tertiary alicyclic amines) is 2. The average Bonchev–Trinajstić information content (AvgIpc) is 3.74. The quantitative estimate of drug-likeness (QED) is 0.520. The van der Waals surface area contributed by atoms with Gasteiger partial charge in [0.15, 0.2) is 0 Å². The van der Waals surface area contributed by atoms with E-state index in [1.54, 1.807) is 13.3 Å². The number of ether oxygens (including phenoxy) is 2. The van der Waals surface area contributed by atoms with Gasteiger partial charge in [-0.05, 0) is 62.6 Å². The van der Waals surface area contributed by atoms with Gasteiger partial charge in [-0.25, -0.2) is 9.97 Å². The fraction of sp³-hybridized carbons (Fsp3) is 0.567. The van der Waals surface area contributed by atoms with Crippen molar-refractivity contribution in [3.8, 4) is 16.9 Å². The van der Waals surface area contributed by atoms with E-state index in [4.69, 9.17) is 15.2 Å². The normalized spacial score (nSPS) is 33.3. The Kier molecular flexibility index (Phi) is 5.26. The number of hydrogen-bond donors (Lipinski definition) is 1. The summed E-state index contributed by atoms with van der Waals surface area (Å²) in [5.41, 5.74) is 9.34. The zero-order chi connectivity index (χ0) is 26.3. The van der Waals surface area contributed by atoms with Gasteiger partial charge >= 0.3 is 0 Å². The van der Waals surface area contributed by atoms with Crippen LogP contribution in [0.5, 0.6) is 5.75 Å². The predicted octanol–water partition coefficient (Wildman–Crippen LogP) is 3.78. The van der Waals surface area contributed by atoms with Gasteiger partial charge in [0.1, 0.15) is 35.7 Å². The monoisotopic (exact) mass is 528 g/mol. The molecule has 204 valence electrons. The molecule has 5 fully saturated rings. The Morgan fingerprint density at radius 2 is 1.92 bits per heavy atom. The molecule has 4 bridgehead atoms. The lowest BCUT2D eigenvalue weighted by Crippen LogP contribution is -2.55. The lowest BCUT2D eigenvalue weighted by atomic mass is 9.84. The Hall–Kier alpha value is -3.17. The first kappa shape index (κ1) is 23.7. The Labute approximate surface area is 228 Å². The molecule has 8 rings (SSSR count). The van der Waals surface area contributed by atoms with Crippen LogP contribution in [0.2, 0.25) is 0 Å². The lowest BCUT2D eigenvalue weighted by Gasteiger charge is -2.46. The van der Waals surface area contributed by atoms with Gasteiger partial charge in [-0.15, -0.1) is 0 Å². The Morgan fingerprint density at radius 3 is 2.64 bits per heavy atom. The molecule has 0 spiro atoms. The highest BCUT2D eigenvalue weighted by Gasteiger charge is 2.50. The number of nitrogens with two attached hydrogens (primary N) is 1. The van der Waals surface area contributed by atoms with E-state index in [-0.39, 0.29) is 11.5 Å². The molecule has 39 heavy (non-hydrogen) atoms. The second-order valence-electron chi connectivity index (χ2n) is 12.4. The van der Waals surface area contributed by atoms with Crippen molar-refractivity contribution >= 4 is 22.8 Å². The van der Waals surface area contributed by atoms with Gasteiger partial charge in [0.2, 0.25) is 5.91 Å². The highest BCUT2D eigenvalue weighted by molar-refractivity contribution is 6.00. The maximum Gasteiger partial charge on any atom is 0.219 e. The maximum absolute atomic E-state index is 11.9. The number of anilines is 1. The number of carbonyl (C=O) groups is 1. The molecule has 2 aromatic heterocycles. The third kappa shape index (κ3) is 3.77. The summed E-state index contributed by atoms with van der Waals surface area (Å²) in [6, 6.07) is 10.1. The topological polar surface area (TPSA) is 98.7 Å². The summed E-state index contributed by atoms with van der Waals surface area (Å²) in [4.78, 5) is 25.7. The number of amides is 1. The SMILES string of the molecule is CC(=O)N1CC2CC1CN2C1CC(n2cc(-c3cccc(OCC45CCC(CC4)O5)c3)c3c(N)ncnc32)C1. The molecule has 9 heteroatoms. The van der Waals surface area contributed by atoms with Crippen molar-refractivity contribution in [1.82, 2.24) is 24.3 Å². The second-order valence-corrected chi connectivity index (χ2v) is 12.4. The highest BCUT2D eigenvalue weighted by atomic mass is 16.6. The number of piperazine rings is 1. The molecular weight excluding hydrogens is 492 g/mol. The van der Waals surface area contributed by atoms with E-state index in [2.05, 4.69) is 42.7 Å². The number of nitrogens with zero attached hydrogens (tertiary/aromatic N) is 5. The van der Waals surface area contributed by atoms with Gasteiger partial charge < -0.3 is 24.7 Å². The van der Waals surface area contributed by atoms with Crippen molar-refractivity contribution in [1.29, 1.82) is 0 Å². The van der Waals surface area contributed by atoms with Gasteiger partial charge in [-0.2, -0.15) is 0 Å². The minimum absolute atomic E-state index is 0.102. The van der Waals surface area contributed by atoms with Gasteiger partial charge in [0, 0.05) is 55.9 Å². The van der Waals surface area contributed by atoms with E-state index >= 15 is 0 Å². The van der Waals surface area contributed by atoms with Crippen LogP contribution in [0, 0.1) is 0 Å². The van der Waals surface area contributed by atoms with Crippen LogP contribution in [-0.2, 0) is 9.53 Å². The molecule has 1 saturated carbocycles. The first-order valence-corrected chi connectivity index (χ1v) is 14.5. The summed E-state index contributed by atoms with van der Waals surface area (Å²) in [5.74, 6) is 1.57. The summed E-state index contributed by atoms with van der Waals surface area (Å²) >= 11 is 0. The average molecular weight is 529 g/mol. The van der Waals surface area contributed by atoms with E-state index in [0.717, 1.165) is 85.9 Å². The Bertz CT molecular complexity index is 1440. The molecule has 9 nitrogen and oxygen atoms in total. The molecule has 2 N–H and O–H groups in total. The van der Waals surface area contributed by atoms with Crippen molar-refractivity contribution in [3.05, 3.63) is 36.8 Å². The Morgan fingerprint density at radius 1 is 1.10 bits per heavy atom. The molecule has 5 aliphatic rings. The molecule has 3 aromatic rings. The number of nitrogen functional groups attached to an aromatic ring is 1. The van der Waals surface area contributed by atoms with Crippen molar-refractivity contribution < 1.29 is 14.3 Å². The fourth-order valence-corrected chi connectivity index (χ4v) is 8.05. The number of benzene rings is 1. The standard InChI is InChI=1S/C30H36N6O3/c1-18(37)34-13-23-12-22(34)14-35(23)20-10-21(11-20)36-15-26(27-28(31)32-17-33-29(27)36)19-3-2-4-25(9-19)38-16-30-7-5-24(39-30)6-8-30/h2-4,9,15,17,20-24H,5-8,10-14,16H2,1H3,(H2,31,32,33). The number of hydrogen-bond acceptors (Lipinski definition) is 7. The van der Waals surface area contributed by atoms with Crippen LogP contribution in [0.25, 0.3) is 22.2 Å². The summed E-state index contributed by atoms with van der Waals surface area (Å²) in [6.45, 7) is 4.19. The van der Waals surface area contributed by atoms with E-state index < -0.39 is 0 Å². The van der Waals surface area contributed by atoms with E-state index in [0.29, 0.717) is 42.7 Å². The smallest absolute Gasteiger partial charge is 0.219 e. The first-order valence-electron chi connectivity index (χ1n) is 14.5. The van der Waals surface area contributed by atoms with E-state index in [1.807, 2.05) is 12.1 Å². The molecule has 1 aromatic carbocycles. The van der Waals surface area contributed by atoms with Crippen molar-refractivity contribution in [2.75, 3.05) is 25.4 Å². The van der Waals surface area contributed by atoms with Crippen molar-refractivity contribution in [2.24, 2.45) is 0 Å². The second kappa shape index (κ2) is 8.66. The summed E-state index contributed by atoms with van der Waals surface area (Å²) in [6.07, 6.45) is 12.0. The van der Waals surface area contributed by atoms with Crippen LogP contribution in [-0.4, -0.2) is 79.8 Å². The minimum Gasteiger partial charge on any atom is -0.491 e. The summed E-state index contributed by atoms with van der Waals surface area (Å²) in [5, 5.41) is 0.909.